The van der Waals surface area contributed by atoms with Crippen LogP contribution in [0.5, 0.6) is 0 Å². The maximum Gasteiger partial charge on any atom is 0.0645 e. The van der Waals surface area contributed by atoms with Gasteiger partial charge in [-0.2, -0.15) is 0 Å². The summed E-state index contributed by atoms with van der Waals surface area (Å²) in [5, 5.41) is 3.74. The quantitative estimate of drug-likeness (QED) is 0.831. The van der Waals surface area contributed by atoms with Gasteiger partial charge in [0.25, 0.3) is 0 Å². The number of ether oxygens (including phenoxy) is 1. The van der Waals surface area contributed by atoms with E-state index in [1.54, 1.807) is 0 Å². The van der Waals surface area contributed by atoms with Gasteiger partial charge in [0, 0.05) is 24.2 Å². The average molecular weight is 252 g/mol. The van der Waals surface area contributed by atoms with Crippen molar-refractivity contribution in [1.82, 2.24) is 10.2 Å². The van der Waals surface area contributed by atoms with Crippen molar-refractivity contribution in [2.24, 2.45) is 5.92 Å². The van der Waals surface area contributed by atoms with E-state index in [4.69, 9.17) is 4.74 Å². The van der Waals surface area contributed by atoms with Gasteiger partial charge in [0.05, 0.1) is 13.2 Å². The Morgan fingerprint density at radius 1 is 1.22 bits per heavy atom. The van der Waals surface area contributed by atoms with Crippen LogP contribution in [0.15, 0.2) is 0 Å². The van der Waals surface area contributed by atoms with Gasteiger partial charge in [0.1, 0.15) is 0 Å². The van der Waals surface area contributed by atoms with E-state index in [0.29, 0.717) is 0 Å². The van der Waals surface area contributed by atoms with Gasteiger partial charge >= 0.3 is 0 Å². The van der Waals surface area contributed by atoms with E-state index < -0.39 is 0 Å². The molecule has 0 aliphatic carbocycles. The Morgan fingerprint density at radius 3 is 2.61 bits per heavy atom. The van der Waals surface area contributed by atoms with Crippen LogP contribution in [0, 0.1) is 5.92 Å². The number of hydrogen-bond donors (Lipinski definition) is 1. The van der Waals surface area contributed by atoms with Crippen LogP contribution in [0.3, 0.4) is 0 Å². The van der Waals surface area contributed by atoms with Crippen LogP contribution >= 0.6 is 0 Å². The molecule has 0 amide bonds. The molecule has 3 nitrogen and oxygen atoms in total. The normalized spacial score (nSPS) is 40.0. The standard InChI is InChI=1S/C15H28N2O/c1-15(2)11-18-8-7-17(15)6-5-12-9-13-3-4-14(10-12)16-13/h12-14,16H,3-11H2,1-2H3. The van der Waals surface area contributed by atoms with Crippen LogP contribution in [0.1, 0.15) is 46.0 Å². The largest absolute Gasteiger partial charge is 0.378 e. The summed E-state index contributed by atoms with van der Waals surface area (Å²) in [7, 11) is 0. The molecule has 3 fully saturated rings. The molecule has 2 atom stereocenters. The summed E-state index contributed by atoms with van der Waals surface area (Å²) in [5.74, 6) is 0.961. The Bertz CT molecular complexity index is 280. The minimum Gasteiger partial charge on any atom is -0.378 e. The van der Waals surface area contributed by atoms with Gasteiger partial charge in [0.2, 0.25) is 0 Å². The maximum absolute atomic E-state index is 5.60. The molecule has 3 heteroatoms. The molecular formula is C15H28N2O. The van der Waals surface area contributed by atoms with Crippen molar-refractivity contribution in [2.75, 3.05) is 26.3 Å². The van der Waals surface area contributed by atoms with Crippen molar-refractivity contribution in [3.63, 3.8) is 0 Å². The summed E-state index contributed by atoms with van der Waals surface area (Å²) < 4.78 is 5.60. The highest BCUT2D eigenvalue weighted by atomic mass is 16.5. The highest BCUT2D eigenvalue weighted by Crippen LogP contribution is 2.33. The topological polar surface area (TPSA) is 24.5 Å². The highest BCUT2D eigenvalue weighted by Gasteiger charge is 2.35. The summed E-state index contributed by atoms with van der Waals surface area (Å²) in [5.41, 5.74) is 0.240. The Hall–Kier alpha value is -0.120. The van der Waals surface area contributed by atoms with Gasteiger partial charge in [-0.05, 0) is 58.4 Å². The molecule has 0 saturated carbocycles. The summed E-state index contributed by atoms with van der Waals surface area (Å²) in [4.78, 5) is 2.64. The van der Waals surface area contributed by atoms with Crippen molar-refractivity contribution >= 4 is 0 Å². The van der Waals surface area contributed by atoms with Crippen LogP contribution in [-0.4, -0.2) is 48.8 Å². The molecule has 0 aromatic carbocycles. The first kappa shape index (κ1) is 12.9. The van der Waals surface area contributed by atoms with E-state index in [1.807, 2.05) is 0 Å². The Morgan fingerprint density at radius 2 is 1.94 bits per heavy atom. The third kappa shape index (κ3) is 2.73. The molecule has 18 heavy (non-hydrogen) atoms. The Kier molecular flexibility index (Phi) is 3.65. The van der Waals surface area contributed by atoms with Crippen LogP contribution in [0.2, 0.25) is 0 Å². The minimum absolute atomic E-state index is 0.240. The molecule has 1 N–H and O–H groups in total. The zero-order valence-corrected chi connectivity index (χ0v) is 12.0. The molecule has 2 unspecified atom stereocenters. The van der Waals surface area contributed by atoms with Gasteiger partial charge in [-0.3, -0.25) is 4.90 Å². The summed E-state index contributed by atoms with van der Waals surface area (Å²) >= 11 is 0. The van der Waals surface area contributed by atoms with Crippen molar-refractivity contribution in [2.45, 2.75) is 63.6 Å². The van der Waals surface area contributed by atoms with Gasteiger partial charge in [-0.15, -0.1) is 0 Å². The van der Waals surface area contributed by atoms with Crippen molar-refractivity contribution < 1.29 is 4.74 Å². The Balaban J connectivity index is 1.49. The molecule has 3 saturated heterocycles. The molecule has 3 aliphatic rings. The first-order chi connectivity index (χ1) is 8.63. The van der Waals surface area contributed by atoms with E-state index in [1.165, 1.54) is 38.6 Å². The second-order valence-electron chi connectivity index (χ2n) is 7.12. The second-order valence-corrected chi connectivity index (χ2v) is 7.12. The SMILES string of the molecule is CC1(C)COCCN1CCC1CC2CCC(C1)N2. The predicted octanol–water partition coefficient (Wildman–Crippen LogP) is 2.02. The first-order valence-electron chi connectivity index (χ1n) is 7.72. The van der Waals surface area contributed by atoms with Crippen LogP contribution in [0.25, 0.3) is 0 Å². The van der Waals surface area contributed by atoms with Crippen LogP contribution in [-0.2, 0) is 4.74 Å². The average Bonchev–Trinajstić information content (AvgIpc) is 2.67. The molecule has 3 rings (SSSR count). The number of nitrogens with one attached hydrogen (secondary N) is 1. The van der Waals surface area contributed by atoms with E-state index in [2.05, 4.69) is 24.1 Å². The number of nitrogens with zero attached hydrogens (tertiary/aromatic N) is 1. The van der Waals surface area contributed by atoms with Gasteiger partial charge in [0.15, 0.2) is 0 Å². The van der Waals surface area contributed by atoms with E-state index in [-0.39, 0.29) is 5.54 Å². The molecule has 104 valence electrons. The van der Waals surface area contributed by atoms with E-state index in [0.717, 1.165) is 37.8 Å². The van der Waals surface area contributed by atoms with Crippen molar-refractivity contribution in [1.29, 1.82) is 0 Å². The number of rotatable bonds is 3. The number of morpholine rings is 1. The molecule has 2 bridgehead atoms. The molecule has 3 heterocycles. The van der Waals surface area contributed by atoms with Crippen LogP contribution in [0.4, 0.5) is 0 Å². The zero-order chi connectivity index (χ0) is 12.6. The summed E-state index contributed by atoms with van der Waals surface area (Å²) in [6.45, 7) is 8.83. The van der Waals surface area contributed by atoms with Gasteiger partial charge in [-0.1, -0.05) is 0 Å². The maximum atomic E-state index is 5.60. The fourth-order valence-corrected chi connectivity index (χ4v) is 4.05. The lowest BCUT2D eigenvalue weighted by Gasteiger charge is -2.43. The summed E-state index contributed by atoms with van der Waals surface area (Å²) in [6.07, 6.45) is 7.06. The molecular weight excluding hydrogens is 224 g/mol. The summed E-state index contributed by atoms with van der Waals surface area (Å²) in [6, 6.07) is 1.68. The predicted molar refractivity (Wildman–Crippen MR) is 73.8 cm³/mol. The molecule has 0 radical (unpaired) electrons. The number of piperidine rings is 1. The van der Waals surface area contributed by atoms with Crippen LogP contribution < -0.4 is 5.32 Å². The zero-order valence-electron chi connectivity index (χ0n) is 12.0. The monoisotopic (exact) mass is 252 g/mol. The second kappa shape index (κ2) is 5.10. The van der Waals surface area contributed by atoms with Crippen molar-refractivity contribution in [3.05, 3.63) is 0 Å². The van der Waals surface area contributed by atoms with Gasteiger partial charge in [-0.25, -0.2) is 0 Å². The number of hydrogen-bond acceptors (Lipinski definition) is 3. The van der Waals surface area contributed by atoms with E-state index >= 15 is 0 Å². The fraction of sp³-hybridized carbons (Fsp3) is 1.00. The molecule has 0 spiro atoms. The lowest BCUT2D eigenvalue weighted by Crippen LogP contribution is -2.53. The molecule has 3 aliphatic heterocycles. The molecule has 0 aromatic rings. The van der Waals surface area contributed by atoms with Crippen molar-refractivity contribution in [3.8, 4) is 0 Å². The lowest BCUT2D eigenvalue weighted by atomic mass is 9.89. The number of fused-ring (bicyclic) bond motifs is 2. The highest BCUT2D eigenvalue weighted by molar-refractivity contribution is 4.93. The fourth-order valence-electron chi connectivity index (χ4n) is 4.05. The molecule has 0 aromatic heterocycles. The third-order valence-corrected chi connectivity index (χ3v) is 5.19. The Labute approximate surface area is 111 Å². The first-order valence-corrected chi connectivity index (χ1v) is 7.72. The lowest BCUT2D eigenvalue weighted by molar-refractivity contribution is -0.0533. The van der Waals surface area contributed by atoms with E-state index in [9.17, 15) is 0 Å². The van der Waals surface area contributed by atoms with Gasteiger partial charge < -0.3 is 10.1 Å². The minimum atomic E-state index is 0.240. The third-order valence-electron chi connectivity index (χ3n) is 5.19. The smallest absolute Gasteiger partial charge is 0.0645 e.